The molecule has 39 heavy (non-hydrogen) atoms. The summed E-state index contributed by atoms with van der Waals surface area (Å²) >= 11 is 1.64. The summed E-state index contributed by atoms with van der Waals surface area (Å²) in [5, 5.41) is 4.54. The van der Waals surface area contributed by atoms with Crippen LogP contribution in [0.15, 0.2) is 67.4 Å². The molecule has 6 rings (SSSR count). The van der Waals surface area contributed by atoms with E-state index in [-0.39, 0.29) is 5.91 Å². The Labute approximate surface area is 230 Å². The van der Waals surface area contributed by atoms with Crippen LogP contribution in [0.25, 0.3) is 15.9 Å². The van der Waals surface area contributed by atoms with E-state index in [0.717, 1.165) is 57.4 Å². The minimum absolute atomic E-state index is 0.0483. The van der Waals surface area contributed by atoms with Gasteiger partial charge in [0, 0.05) is 42.1 Å². The minimum Gasteiger partial charge on any atom is -0.456 e. The molecule has 1 amide bonds. The third-order valence-electron chi connectivity index (χ3n) is 6.71. The van der Waals surface area contributed by atoms with Gasteiger partial charge in [-0.25, -0.2) is 15.0 Å². The van der Waals surface area contributed by atoms with Gasteiger partial charge in [0.15, 0.2) is 0 Å². The van der Waals surface area contributed by atoms with Crippen LogP contribution in [0.1, 0.15) is 16.0 Å². The zero-order chi connectivity index (χ0) is 26.9. The lowest BCUT2D eigenvalue weighted by molar-refractivity contribution is -0.126. The van der Waals surface area contributed by atoms with Crippen molar-refractivity contribution in [3.8, 4) is 11.5 Å². The molecule has 5 aromatic rings. The number of likely N-dealkylation sites (N-methyl/N-ethyl adjacent to an activating group) is 1. The molecule has 0 atom stereocenters. The quantitative estimate of drug-likeness (QED) is 0.285. The van der Waals surface area contributed by atoms with Gasteiger partial charge in [-0.05, 0) is 68.9 Å². The first-order valence-corrected chi connectivity index (χ1v) is 13.6. The van der Waals surface area contributed by atoms with Crippen molar-refractivity contribution in [1.82, 2.24) is 29.2 Å². The first kappa shape index (κ1) is 25.0. The van der Waals surface area contributed by atoms with Gasteiger partial charge >= 0.3 is 0 Å². The van der Waals surface area contributed by atoms with E-state index in [1.54, 1.807) is 29.9 Å². The number of aryl methyl sites for hydroxylation is 1. The number of ether oxygens (including phenoxy) is 1. The molecule has 1 aliphatic heterocycles. The maximum Gasteiger partial charge on any atom is 0.246 e. The molecule has 0 saturated carbocycles. The summed E-state index contributed by atoms with van der Waals surface area (Å²) in [5.74, 6) is 2.35. The number of rotatable bonds is 7. The van der Waals surface area contributed by atoms with Crippen molar-refractivity contribution in [2.24, 2.45) is 0 Å². The molecule has 0 saturated heterocycles. The van der Waals surface area contributed by atoms with Gasteiger partial charge in [-0.3, -0.25) is 4.79 Å². The van der Waals surface area contributed by atoms with Gasteiger partial charge in [0.1, 0.15) is 34.1 Å². The van der Waals surface area contributed by atoms with E-state index >= 15 is 0 Å². The second-order valence-corrected chi connectivity index (χ2v) is 10.9. The summed E-state index contributed by atoms with van der Waals surface area (Å²) in [4.78, 5) is 32.1. The van der Waals surface area contributed by atoms with Gasteiger partial charge in [-0.1, -0.05) is 6.08 Å². The Morgan fingerprint density at radius 2 is 2.10 bits per heavy atom. The lowest BCUT2D eigenvalue weighted by Crippen LogP contribution is -2.34. The number of carbonyl (C=O) groups excluding carboxylic acids is 1. The van der Waals surface area contributed by atoms with E-state index in [4.69, 9.17) is 4.74 Å². The van der Waals surface area contributed by atoms with E-state index in [1.807, 2.05) is 78.0 Å². The van der Waals surface area contributed by atoms with Gasteiger partial charge in [-0.15, -0.1) is 11.3 Å². The number of hydrogen-bond donors (Lipinski definition) is 1. The Morgan fingerprint density at radius 3 is 2.95 bits per heavy atom. The molecule has 0 fully saturated rings. The molecule has 0 aliphatic carbocycles. The van der Waals surface area contributed by atoms with Gasteiger partial charge in [0.25, 0.3) is 0 Å². The highest BCUT2D eigenvalue weighted by atomic mass is 32.1. The normalized spacial score (nSPS) is 13.5. The number of anilines is 2. The molecule has 0 unspecified atom stereocenters. The van der Waals surface area contributed by atoms with E-state index in [9.17, 15) is 4.79 Å². The molecule has 10 heteroatoms. The van der Waals surface area contributed by atoms with Crippen LogP contribution in [0.3, 0.4) is 0 Å². The number of nitrogens with zero attached hydrogens (tertiary/aromatic N) is 6. The largest absolute Gasteiger partial charge is 0.456 e. The summed E-state index contributed by atoms with van der Waals surface area (Å²) in [6.07, 6.45) is 11.5. The van der Waals surface area contributed by atoms with Crippen LogP contribution < -0.4 is 10.1 Å². The maximum absolute atomic E-state index is 12.7. The third kappa shape index (κ3) is 5.21. The molecule has 198 valence electrons. The molecule has 5 heterocycles. The van der Waals surface area contributed by atoms with Crippen molar-refractivity contribution in [2.45, 2.75) is 19.9 Å². The number of imidazole rings is 1. The van der Waals surface area contributed by atoms with Crippen LogP contribution in [0.2, 0.25) is 0 Å². The molecule has 1 N–H and O–H groups in total. The Morgan fingerprint density at radius 1 is 1.21 bits per heavy atom. The Hall–Kier alpha value is -4.28. The van der Waals surface area contributed by atoms with Gasteiger partial charge in [0.05, 0.1) is 18.1 Å². The highest BCUT2D eigenvalue weighted by Crippen LogP contribution is 2.38. The van der Waals surface area contributed by atoms with Gasteiger partial charge < -0.3 is 24.3 Å². The molecular weight excluding hydrogens is 510 g/mol. The van der Waals surface area contributed by atoms with Crippen molar-refractivity contribution in [3.63, 3.8) is 0 Å². The molecule has 4 aromatic heterocycles. The van der Waals surface area contributed by atoms with Crippen LogP contribution in [-0.2, 0) is 17.8 Å². The lowest BCUT2D eigenvalue weighted by atomic mass is 10.0. The average molecular weight is 540 g/mol. The number of benzene rings is 1. The minimum atomic E-state index is 0.0483. The van der Waals surface area contributed by atoms with Crippen molar-refractivity contribution < 1.29 is 9.53 Å². The van der Waals surface area contributed by atoms with Crippen molar-refractivity contribution in [1.29, 1.82) is 0 Å². The summed E-state index contributed by atoms with van der Waals surface area (Å²) in [5.41, 5.74) is 4.02. The van der Waals surface area contributed by atoms with E-state index in [2.05, 4.69) is 26.3 Å². The Bertz CT molecular complexity index is 1700. The topological polar surface area (TPSA) is 87.9 Å². The molecule has 1 aromatic carbocycles. The van der Waals surface area contributed by atoms with Gasteiger partial charge in [0.2, 0.25) is 5.91 Å². The number of aromatic nitrogens is 4. The summed E-state index contributed by atoms with van der Waals surface area (Å²) in [6, 6.07) is 9.85. The van der Waals surface area contributed by atoms with Crippen LogP contribution >= 0.6 is 11.3 Å². The first-order chi connectivity index (χ1) is 18.9. The lowest BCUT2D eigenvalue weighted by Gasteiger charge is -2.26. The van der Waals surface area contributed by atoms with Crippen LogP contribution in [0.5, 0.6) is 11.5 Å². The predicted molar refractivity (Wildman–Crippen MR) is 154 cm³/mol. The molecule has 0 spiro atoms. The number of pyridine rings is 1. The van der Waals surface area contributed by atoms with E-state index in [1.165, 1.54) is 10.4 Å². The Kier molecular flexibility index (Phi) is 6.72. The van der Waals surface area contributed by atoms with Crippen LogP contribution in [-0.4, -0.2) is 62.2 Å². The summed E-state index contributed by atoms with van der Waals surface area (Å²) in [7, 11) is 3.97. The molecule has 0 bridgehead atoms. The van der Waals surface area contributed by atoms with Crippen molar-refractivity contribution >= 4 is 44.6 Å². The fourth-order valence-electron chi connectivity index (χ4n) is 4.75. The predicted octanol–water partition coefficient (Wildman–Crippen LogP) is 5.19. The maximum atomic E-state index is 12.7. The fourth-order valence-corrected chi connectivity index (χ4v) is 5.95. The second kappa shape index (κ2) is 10.5. The van der Waals surface area contributed by atoms with E-state index < -0.39 is 0 Å². The zero-order valence-corrected chi connectivity index (χ0v) is 22.9. The SMILES string of the molecule is Cc1cc(Nc2ncnc3sc4c(c23)CCN(C(=O)/C=C/CN(C)C)C4)ccc1Oc1ccc2nccn2c1. The first-order valence-electron chi connectivity index (χ1n) is 12.8. The van der Waals surface area contributed by atoms with Crippen molar-refractivity contribution in [3.05, 3.63) is 83.4 Å². The number of carbonyl (C=O) groups is 1. The number of hydrogen-bond acceptors (Lipinski definition) is 8. The average Bonchev–Trinajstić information content (AvgIpc) is 3.54. The highest BCUT2D eigenvalue weighted by Gasteiger charge is 2.25. The van der Waals surface area contributed by atoms with Crippen LogP contribution in [0, 0.1) is 6.92 Å². The zero-order valence-electron chi connectivity index (χ0n) is 22.1. The van der Waals surface area contributed by atoms with Gasteiger partial charge in [-0.2, -0.15) is 0 Å². The number of thiophene rings is 1. The van der Waals surface area contributed by atoms with E-state index in [0.29, 0.717) is 13.1 Å². The molecular formula is C29H29N7O2S. The fraction of sp³-hybridized carbons (Fsp3) is 0.241. The smallest absolute Gasteiger partial charge is 0.246 e. The monoisotopic (exact) mass is 539 g/mol. The van der Waals surface area contributed by atoms with Crippen molar-refractivity contribution in [2.75, 3.05) is 32.5 Å². The standard InChI is InChI=1S/C29H29N7O2S/c1-19-15-20(6-8-23(19)38-21-7-9-25-30-11-14-35(25)16-21)33-28-27-22-10-13-36(26(37)5-4-12-34(2)3)17-24(22)39-29(27)32-18-31-28/h4-9,11,14-16,18H,10,12-13,17H2,1-3H3,(H,31,32,33)/b5-4+. The Balaban J connectivity index is 1.20. The number of fused-ring (bicyclic) bond motifs is 4. The summed E-state index contributed by atoms with van der Waals surface area (Å²) in [6.45, 7) is 4.04. The number of amides is 1. The summed E-state index contributed by atoms with van der Waals surface area (Å²) < 4.78 is 8.08. The van der Waals surface area contributed by atoms with Crippen LogP contribution in [0.4, 0.5) is 11.5 Å². The molecule has 0 radical (unpaired) electrons. The third-order valence-corrected chi connectivity index (χ3v) is 7.83. The molecule has 1 aliphatic rings. The second-order valence-electron chi connectivity index (χ2n) is 9.85. The number of nitrogens with one attached hydrogen (secondary N) is 1. The molecule has 9 nitrogen and oxygen atoms in total. The highest BCUT2D eigenvalue weighted by molar-refractivity contribution is 7.19.